The normalized spacial score (nSPS) is 25.3. The van der Waals surface area contributed by atoms with Gasteiger partial charge in [0.25, 0.3) is 0 Å². The molecule has 6 rings (SSSR count). The Labute approximate surface area is 144 Å². The SMILES string of the molecule is O[C@@H]1c2ccc3c(c2CN2CCc4cc5c(cc4[C@H]12)OCO5)OCO3. The van der Waals surface area contributed by atoms with Crippen molar-refractivity contribution in [3.63, 3.8) is 0 Å². The van der Waals surface area contributed by atoms with Gasteiger partial charge in [0.05, 0.1) is 12.1 Å². The van der Waals surface area contributed by atoms with Crippen LogP contribution in [0.4, 0.5) is 0 Å². The van der Waals surface area contributed by atoms with Gasteiger partial charge >= 0.3 is 0 Å². The molecule has 4 aliphatic heterocycles. The van der Waals surface area contributed by atoms with Crippen molar-refractivity contribution in [2.45, 2.75) is 25.1 Å². The van der Waals surface area contributed by atoms with Gasteiger partial charge in [-0.05, 0) is 41.3 Å². The van der Waals surface area contributed by atoms with Gasteiger partial charge in [-0.3, -0.25) is 4.90 Å². The average Bonchev–Trinajstić information content (AvgIpc) is 3.28. The first kappa shape index (κ1) is 13.8. The quantitative estimate of drug-likeness (QED) is 0.795. The summed E-state index contributed by atoms with van der Waals surface area (Å²) in [6.07, 6.45) is 0.314. The van der Waals surface area contributed by atoms with E-state index in [2.05, 4.69) is 11.0 Å². The van der Waals surface area contributed by atoms with E-state index >= 15 is 0 Å². The summed E-state index contributed by atoms with van der Waals surface area (Å²) < 4.78 is 22.2. The lowest BCUT2D eigenvalue weighted by molar-refractivity contribution is 0.0196. The average molecular weight is 339 g/mol. The van der Waals surface area contributed by atoms with Crippen LogP contribution in [-0.2, 0) is 13.0 Å². The number of aliphatic hydroxyl groups is 1. The van der Waals surface area contributed by atoms with Crippen LogP contribution in [-0.4, -0.2) is 30.1 Å². The van der Waals surface area contributed by atoms with Gasteiger partial charge in [-0.15, -0.1) is 0 Å². The molecule has 0 unspecified atom stereocenters. The number of aliphatic hydroxyl groups excluding tert-OH is 1. The van der Waals surface area contributed by atoms with E-state index in [1.165, 1.54) is 5.56 Å². The fraction of sp³-hybridized carbons (Fsp3) is 0.368. The van der Waals surface area contributed by atoms with E-state index in [1.807, 2.05) is 18.2 Å². The summed E-state index contributed by atoms with van der Waals surface area (Å²) in [5.74, 6) is 3.13. The predicted octanol–water partition coefficient (Wildman–Crippen LogP) is 2.29. The van der Waals surface area contributed by atoms with E-state index in [1.54, 1.807) is 0 Å². The minimum Gasteiger partial charge on any atom is -0.454 e. The molecule has 128 valence electrons. The molecule has 0 saturated carbocycles. The Hall–Kier alpha value is -2.44. The van der Waals surface area contributed by atoms with Crippen molar-refractivity contribution in [3.8, 4) is 23.0 Å². The first-order chi connectivity index (χ1) is 12.3. The van der Waals surface area contributed by atoms with Gasteiger partial charge in [0.2, 0.25) is 13.6 Å². The molecule has 4 heterocycles. The van der Waals surface area contributed by atoms with Crippen LogP contribution in [0.25, 0.3) is 0 Å². The van der Waals surface area contributed by atoms with E-state index in [0.717, 1.165) is 59.2 Å². The van der Waals surface area contributed by atoms with Gasteiger partial charge in [0.1, 0.15) is 0 Å². The Kier molecular flexibility index (Phi) is 2.65. The fourth-order valence-electron chi connectivity index (χ4n) is 4.50. The van der Waals surface area contributed by atoms with E-state index in [-0.39, 0.29) is 19.6 Å². The maximum atomic E-state index is 11.2. The highest BCUT2D eigenvalue weighted by Crippen LogP contribution is 2.51. The van der Waals surface area contributed by atoms with Crippen LogP contribution in [0, 0.1) is 0 Å². The number of hydrogen-bond donors (Lipinski definition) is 1. The zero-order chi connectivity index (χ0) is 16.5. The smallest absolute Gasteiger partial charge is 0.231 e. The minimum absolute atomic E-state index is 0.0777. The Bertz CT molecular complexity index is 896. The summed E-state index contributed by atoms with van der Waals surface area (Å²) in [6.45, 7) is 2.15. The summed E-state index contributed by atoms with van der Waals surface area (Å²) in [6, 6.07) is 7.88. The van der Waals surface area contributed by atoms with Gasteiger partial charge in [-0.1, -0.05) is 6.07 Å². The number of hydrogen-bond acceptors (Lipinski definition) is 6. The fourth-order valence-corrected chi connectivity index (χ4v) is 4.50. The van der Waals surface area contributed by atoms with Crippen LogP contribution < -0.4 is 18.9 Å². The molecule has 6 heteroatoms. The van der Waals surface area contributed by atoms with Crippen molar-refractivity contribution in [1.82, 2.24) is 4.90 Å². The zero-order valence-electron chi connectivity index (χ0n) is 13.5. The van der Waals surface area contributed by atoms with Gasteiger partial charge in [0.15, 0.2) is 23.0 Å². The van der Waals surface area contributed by atoms with Crippen molar-refractivity contribution in [2.75, 3.05) is 20.1 Å². The van der Waals surface area contributed by atoms with Crippen LogP contribution in [0.5, 0.6) is 23.0 Å². The van der Waals surface area contributed by atoms with Gasteiger partial charge in [-0.25, -0.2) is 0 Å². The highest BCUT2D eigenvalue weighted by Gasteiger charge is 2.41. The highest BCUT2D eigenvalue weighted by atomic mass is 16.7. The molecule has 0 amide bonds. The molecule has 1 N–H and O–H groups in total. The first-order valence-corrected chi connectivity index (χ1v) is 8.55. The topological polar surface area (TPSA) is 60.4 Å². The lowest BCUT2D eigenvalue weighted by Crippen LogP contribution is -2.41. The Balaban J connectivity index is 1.49. The maximum Gasteiger partial charge on any atom is 0.231 e. The molecule has 6 nitrogen and oxygen atoms in total. The number of ether oxygens (including phenoxy) is 4. The third-order valence-electron chi connectivity index (χ3n) is 5.67. The number of benzene rings is 2. The van der Waals surface area contributed by atoms with E-state index in [0.29, 0.717) is 0 Å². The monoisotopic (exact) mass is 339 g/mol. The van der Waals surface area contributed by atoms with Crippen LogP contribution in [0.2, 0.25) is 0 Å². The molecule has 4 aliphatic rings. The third-order valence-corrected chi connectivity index (χ3v) is 5.67. The highest BCUT2D eigenvalue weighted by molar-refractivity contribution is 5.56. The molecule has 0 spiro atoms. The lowest BCUT2D eigenvalue weighted by Gasteiger charge is -2.44. The van der Waals surface area contributed by atoms with Crippen LogP contribution in [0.3, 0.4) is 0 Å². The summed E-state index contributed by atoms with van der Waals surface area (Å²) in [5, 5.41) is 11.2. The first-order valence-electron chi connectivity index (χ1n) is 8.55. The standard InChI is InChI=1S/C19H17NO5/c21-18-11-1-2-14-19(25-9-22-14)13(11)7-20-4-3-10-5-15-16(24-8-23-15)6-12(10)17(18)20/h1-2,5-6,17-18,21H,3-4,7-9H2/t17-,18-/m1/s1. The molecule has 0 aromatic heterocycles. The molecular weight excluding hydrogens is 322 g/mol. The van der Waals surface area contributed by atoms with Crippen molar-refractivity contribution in [3.05, 3.63) is 46.5 Å². The third kappa shape index (κ3) is 1.81. The summed E-state index contributed by atoms with van der Waals surface area (Å²) in [4.78, 5) is 2.32. The molecule has 25 heavy (non-hydrogen) atoms. The van der Waals surface area contributed by atoms with Crippen molar-refractivity contribution in [2.24, 2.45) is 0 Å². The van der Waals surface area contributed by atoms with E-state index in [9.17, 15) is 5.11 Å². The Morgan fingerprint density at radius 2 is 1.72 bits per heavy atom. The molecule has 0 fully saturated rings. The Morgan fingerprint density at radius 3 is 2.64 bits per heavy atom. The largest absolute Gasteiger partial charge is 0.454 e. The number of fused-ring (bicyclic) bond motifs is 7. The van der Waals surface area contributed by atoms with Crippen molar-refractivity contribution < 1.29 is 24.1 Å². The molecule has 0 bridgehead atoms. The molecule has 2 atom stereocenters. The van der Waals surface area contributed by atoms with Crippen molar-refractivity contribution in [1.29, 1.82) is 0 Å². The molecule has 0 radical (unpaired) electrons. The molecular formula is C19H17NO5. The van der Waals surface area contributed by atoms with Crippen LogP contribution in [0.1, 0.15) is 34.4 Å². The molecule has 2 aromatic carbocycles. The Morgan fingerprint density at radius 1 is 0.920 bits per heavy atom. The molecule has 0 saturated heterocycles. The molecule has 0 aliphatic carbocycles. The van der Waals surface area contributed by atoms with Crippen LogP contribution in [0.15, 0.2) is 24.3 Å². The molecule has 2 aromatic rings. The van der Waals surface area contributed by atoms with Gasteiger partial charge in [-0.2, -0.15) is 0 Å². The summed E-state index contributed by atoms with van der Waals surface area (Å²) in [5.41, 5.74) is 4.33. The van der Waals surface area contributed by atoms with Gasteiger partial charge < -0.3 is 24.1 Å². The van der Waals surface area contributed by atoms with E-state index in [4.69, 9.17) is 18.9 Å². The second-order valence-electron chi connectivity index (χ2n) is 6.88. The summed E-state index contributed by atoms with van der Waals surface area (Å²) in [7, 11) is 0. The zero-order valence-corrected chi connectivity index (χ0v) is 13.5. The van der Waals surface area contributed by atoms with Crippen LogP contribution >= 0.6 is 0 Å². The summed E-state index contributed by atoms with van der Waals surface area (Å²) >= 11 is 0. The maximum absolute atomic E-state index is 11.2. The lowest BCUT2D eigenvalue weighted by atomic mass is 9.81. The number of rotatable bonds is 0. The second kappa shape index (κ2) is 4.80. The minimum atomic E-state index is -0.613. The predicted molar refractivity (Wildman–Crippen MR) is 86.9 cm³/mol. The second-order valence-corrected chi connectivity index (χ2v) is 6.88. The van der Waals surface area contributed by atoms with Crippen molar-refractivity contribution >= 4 is 0 Å². The van der Waals surface area contributed by atoms with Gasteiger partial charge in [0, 0.05) is 18.7 Å². The number of nitrogens with zero attached hydrogens (tertiary/aromatic N) is 1. The van der Waals surface area contributed by atoms with E-state index < -0.39 is 6.10 Å².